The highest BCUT2D eigenvalue weighted by molar-refractivity contribution is 7.98. The van der Waals surface area contributed by atoms with Gasteiger partial charge in [0.25, 0.3) is 5.91 Å². The number of hydrogen-bond acceptors (Lipinski definition) is 4. The average molecular weight is 369 g/mol. The lowest BCUT2D eigenvalue weighted by Crippen LogP contribution is -2.28. The zero-order valence-corrected chi connectivity index (χ0v) is 15.9. The number of methoxy groups -OCH3 is 1. The fraction of sp³-hybridized carbons (Fsp3) is 0.300. The van der Waals surface area contributed by atoms with Crippen LogP contribution in [0, 0.1) is 0 Å². The van der Waals surface area contributed by atoms with Crippen LogP contribution in [-0.2, 0) is 10.5 Å². The summed E-state index contributed by atoms with van der Waals surface area (Å²) >= 11 is 1.64. The van der Waals surface area contributed by atoms with E-state index in [1.54, 1.807) is 23.8 Å². The number of thioether (sulfide) groups is 1. The molecule has 0 bridgehead atoms. The summed E-state index contributed by atoms with van der Waals surface area (Å²) in [6, 6.07) is 13.7. The zero-order valence-electron chi connectivity index (χ0n) is 15.1. The van der Waals surface area contributed by atoms with Crippen molar-refractivity contribution in [2.24, 2.45) is 0 Å². The summed E-state index contributed by atoms with van der Waals surface area (Å²) in [5.41, 5.74) is 2.67. The third kappa shape index (κ3) is 4.45. The minimum absolute atomic E-state index is 0.0409. The van der Waals surface area contributed by atoms with Crippen molar-refractivity contribution in [2.45, 2.75) is 17.1 Å². The molecule has 6 heteroatoms. The van der Waals surface area contributed by atoms with Crippen LogP contribution in [0.25, 0.3) is 5.65 Å². The van der Waals surface area contributed by atoms with Crippen LogP contribution in [0.2, 0.25) is 0 Å². The molecule has 0 aliphatic heterocycles. The molecule has 5 nitrogen and oxygen atoms in total. The van der Waals surface area contributed by atoms with Crippen molar-refractivity contribution in [3.8, 4) is 0 Å². The van der Waals surface area contributed by atoms with Crippen molar-refractivity contribution in [3.63, 3.8) is 0 Å². The summed E-state index contributed by atoms with van der Waals surface area (Å²) in [5.74, 6) is 0.763. The van der Waals surface area contributed by atoms with Crippen LogP contribution in [0.1, 0.15) is 22.5 Å². The summed E-state index contributed by atoms with van der Waals surface area (Å²) in [4.78, 5) is 20.1. The number of rotatable bonds is 8. The number of imidazole rings is 1. The molecule has 2 heterocycles. The maximum atomic E-state index is 12.8. The number of pyridine rings is 1. The first-order valence-corrected chi connectivity index (χ1v) is 9.56. The van der Waals surface area contributed by atoms with Crippen molar-refractivity contribution in [3.05, 3.63) is 66.1 Å². The average Bonchev–Trinajstić information content (AvgIpc) is 3.09. The van der Waals surface area contributed by atoms with Gasteiger partial charge < -0.3 is 14.0 Å². The Bertz CT molecular complexity index is 845. The van der Waals surface area contributed by atoms with E-state index in [9.17, 15) is 4.79 Å². The number of amides is 1. The predicted molar refractivity (Wildman–Crippen MR) is 105 cm³/mol. The molecule has 3 rings (SSSR count). The number of carbonyl (C=O) groups is 1. The normalized spacial score (nSPS) is 11.0. The molecule has 0 spiro atoms. The molecule has 0 saturated carbocycles. The van der Waals surface area contributed by atoms with E-state index in [1.165, 1.54) is 0 Å². The topological polar surface area (TPSA) is 46.8 Å². The van der Waals surface area contributed by atoms with Gasteiger partial charge in [-0.1, -0.05) is 18.2 Å². The van der Waals surface area contributed by atoms with Gasteiger partial charge in [0.2, 0.25) is 0 Å². The molecule has 0 unspecified atom stereocenters. The van der Waals surface area contributed by atoms with E-state index in [-0.39, 0.29) is 5.91 Å². The number of benzene rings is 1. The highest BCUT2D eigenvalue weighted by Crippen LogP contribution is 2.27. The maximum Gasteiger partial charge on any atom is 0.254 e. The predicted octanol–water partition coefficient (Wildman–Crippen LogP) is 3.74. The van der Waals surface area contributed by atoms with Crippen LogP contribution in [0.4, 0.5) is 0 Å². The van der Waals surface area contributed by atoms with E-state index in [4.69, 9.17) is 4.74 Å². The quantitative estimate of drug-likeness (QED) is 0.448. The monoisotopic (exact) mass is 369 g/mol. The molecule has 0 aliphatic carbocycles. The van der Waals surface area contributed by atoms with E-state index < -0.39 is 0 Å². The van der Waals surface area contributed by atoms with Crippen LogP contribution in [0.5, 0.6) is 0 Å². The second kappa shape index (κ2) is 8.87. The third-order valence-corrected chi connectivity index (χ3v) is 5.20. The second-order valence-corrected chi connectivity index (χ2v) is 7.07. The molecule has 0 atom stereocenters. The van der Waals surface area contributed by atoms with Gasteiger partial charge in [0, 0.05) is 50.4 Å². The SMILES string of the molecule is COCCCN(C)C(=O)c1ccccc1SCc1cn2ccccc2n1. The molecular weight excluding hydrogens is 346 g/mol. The minimum atomic E-state index is 0.0409. The second-order valence-electron chi connectivity index (χ2n) is 6.06. The van der Waals surface area contributed by atoms with Gasteiger partial charge >= 0.3 is 0 Å². The number of hydrogen-bond donors (Lipinski definition) is 0. The van der Waals surface area contributed by atoms with Crippen LogP contribution >= 0.6 is 11.8 Å². The molecule has 26 heavy (non-hydrogen) atoms. The van der Waals surface area contributed by atoms with Crippen molar-refractivity contribution in [1.29, 1.82) is 0 Å². The Balaban J connectivity index is 1.69. The molecule has 1 aromatic carbocycles. The van der Waals surface area contributed by atoms with E-state index in [2.05, 4.69) is 4.98 Å². The van der Waals surface area contributed by atoms with E-state index in [0.717, 1.165) is 34.0 Å². The smallest absolute Gasteiger partial charge is 0.254 e. The van der Waals surface area contributed by atoms with Gasteiger partial charge in [0.1, 0.15) is 5.65 Å². The van der Waals surface area contributed by atoms with E-state index >= 15 is 0 Å². The maximum absolute atomic E-state index is 12.8. The molecule has 0 radical (unpaired) electrons. The Hall–Kier alpha value is -2.31. The molecule has 0 N–H and O–H groups in total. The van der Waals surface area contributed by atoms with Crippen molar-refractivity contribution in [1.82, 2.24) is 14.3 Å². The lowest BCUT2D eigenvalue weighted by Gasteiger charge is -2.18. The van der Waals surface area contributed by atoms with Gasteiger partial charge in [-0.3, -0.25) is 4.79 Å². The minimum Gasteiger partial charge on any atom is -0.385 e. The molecule has 3 aromatic rings. The highest BCUT2D eigenvalue weighted by Gasteiger charge is 2.16. The van der Waals surface area contributed by atoms with Gasteiger partial charge in [-0.05, 0) is 30.7 Å². The van der Waals surface area contributed by atoms with Crippen LogP contribution in [-0.4, -0.2) is 47.5 Å². The molecule has 0 saturated heterocycles. The molecule has 0 aliphatic rings. The third-order valence-electron chi connectivity index (χ3n) is 4.10. The first kappa shape index (κ1) is 18.5. The number of aromatic nitrogens is 2. The highest BCUT2D eigenvalue weighted by atomic mass is 32.2. The summed E-state index contributed by atoms with van der Waals surface area (Å²) in [7, 11) is 3.51. The lowest BCUT2D eigenvalue weighted by molar-refractivity contribution is 0.0776. The molecule has 136 valence electrons. The number of nitrogens with zero attached hydrogens (tertiary/aromatic N) is 3. The molecule has 2 aromatic heterocycles. The standard InChI is InChI=1S/C20H23N3O2S/c1-22(11-7-13-25-2)20(24)17-8-3-4-9-18(17)26-15-16-14-23-12-6-5-10-19(23)21-16/h3-6,8-10,12,14H,7,11,13,15H2,1-2H3. The Labute approximate surface area is 158 Å². The van der Waals surface area contributed by atoms with Crippen molar-refractivity contribution >= 4 is 23.3 Å². The zero-order chi connectivity index (χ0) is 18.4. The fourth-order valence-electron chi connectivity index (χ4n) is 2.73. The summed E-state index contributed by atoms with van der Waals surface area (Å²) < 4.78 is 7.07. The molecule has 1 amide bonds. The molecular formula is C20H23N3O2S. The van der Waals surface area contributed by atoms with Crippen LogP contribution < -0.4 is 0 Å². The van der Waals surface area contributed by atoms with Gasteiger partial charge in [-0.15, -0.1) is 11.8 Å². The Morgan fingerprint density at radius 1 is 1.23 bits per heavy atom. The van der Waals surface area contributed by atoms with E-state index in [1.807, 2.05) is 66.3 Å². The van der Waals surface area contributed by atoms with E-state index in [0.29, 0.717) is 13.2 Å². The number of fused-ring (bicyclic) bond motifs is 1. The first-order valence-electron chi connectivity index (χ1n) is 8.58. The Morgan fingerprint density at radius 3 is 2.85 bits per heavy atom. The van der Waals surface area contributed by atoms with Crippen LogP contribution in [0.15, 0.2) is 59.8 Å². The fourth-order valence-corrected chi connectivity index (χ4v) is 3.66. The number of ether oxygens (including phenoxy) is 1. The van der Waals surface area contributed by atoms with Gasteiger partial charge in [0.05, 0.1) is 11.3 Å². The van der Waals surface area contributed by atoms with Crippen molar-refractivity contribution < 1.29 is 9.53 Å². The Kier molecular flexibility index (Phi) is 6.30. The van der Waals surface area contributed by atoms with Gasteiger partial charge in [-0.25, -0.2) is 4.98 Å². The Morgan fingerprint density at radius 2 is 2.04 bits per heavy atom. The first-order chi connectivity index (χ1) is 12.7. The summed E-state index contributed by atoms with van der Waals surface area (Å²) in [5, 5.41) is 0. The number of carbonyl (C=O) groups excluding carboxylic acids is 1. The summed E-state index contributed by atoms with van der Waals surface area (Å²) in [6.07, 6.45) is 4.85. The van der Waals surface area contributed by atoms with Crippen molar-refractivity contribution in [2.75, 3.05) is 27.3 Å². The van der Waals surface area contributed by atoms with Gasteiger partial charge in [-0.2, -0.15) is 0 Å². The summed E-state index contributed by atoms with van der Waals surface area (Å²) in [6.45, 7) is 1.33. The van der Waals surface area contributed by atoms with Crippen LogP contribution in [0.3, 0.4) is 0 Å². The largest absolute Gasteiger partial charge is 0.385 e. The molecule has 0 fully saturated rings. The van der Waals surface area contributed by atoms with Gasteiger partial charge in [0.15, 0.2) is 0 Å². The lowest BCUT2D eigenvalue weighted by atomic mass is 10.2.